The number of benzene rings is 3. The Kier molecular flexibility index (Phi) is 7.97. The maximum absolute atomic E-state index is 12.2. The lowest BCUT2D eigenvalue weighted by Gasteiger charge is -2.16. The molecule has 0 spiro atoms. The molecule has 164 valence electrons. The van der Waals surface area contributed by atoms with Crippen LogP contribution < -0.4 is 15.8 Å². The van der Waals surface area contributed by atoms with Crippen LogP contribution in [0.15, 0.2) is 84.9 Å². The lowest BCUT2D eigenvalue weighted by Crippen LogP contribution is -2.47. The number of rotatable bonds is 10. The van der Waals surface area contributed by atoms with Crippen molar-refractivity contribution in [3.63, 3.8) is 0 Å². The first-order valence-electron chi connectivity index (χ1n) is 10.1. The zero-order chi connectivity index (χ0) is 22.8. The number of carbonyl (C=O) groups is 3. The van der Waals surface area contributed by atoms with Crippen LogP contribution in [0.4, 0.5) is 4.79 Å². The molecule has 32 heavy (non-hydrogen) atoms. The van der Waals surface area contributed by atoms with Gasteiger partial charge >= 0.3 is 6.09 Å². The van der Waals surface area contributed by atoms with Gasteiger partial charge in [-0.3, -0.25) is 9.59 Å². The van der Waals surface area contributed by atoms with E-state index >= 15 is 0 Å². The van der Waals surface area contributed by atoms with Crippen LogP contribution in [0.2, 0.25) is 0 Å². The topological polar surface area (TPSA) is 108 Å². The normalized spacial score (nSPS) is 11.2. The molecule has 0 aromatic heterocycles. The minimum atomic E-state index is -1.13. The number of nitrogens with one attached hydrogen (secondary N) is 1. The molecule has 0 unspecified atom stereocenters. The van der Waals surface area contributed by atoms with Crippen LogP contribution in [0, 0.1) is 0 Å². The predicted octanol–water partition coefficient (Wildman–Crippen LogP) is 3.16. The van der Waals surface area contributed by atoms with Crippen LogP contribution in [0.25, 0.3) is 0 Å². The van der Waals surface area contributed by atoms with E-state index in [1.807, 2.05) is 48.5 Å². The van der Waals surface area contributed by atoms with Crippen molar-refractivity contribution in [2.24, 2.45) is 5.73 Å². The summed E-state index contributed by atoms with van der Waals surface area (Å²) in [6.45, 7) is 0.468. The quantitative estimate of drug-likeness (QED) is 0.479. The fourth-order valence-corrected chi connectivity index (χ4v) is 2.99. The summed E-state index contributed by atoms with van der Waals surface area (Å²) >= 11 is 0. The third-order valence-corrected chi connectivity index (χ3v) is 4.68. The van der Waals surface area contributed by atoms with Gasteiger partial charge in [-0.1, -0.05) is 72.8 Å². The minimum Gasteiger partial charge on any atom is -0.489 e. The van der Waals surface area contributed by atoms with Gasteiger partial charge in [-0.2, -0.15) is 0 Å². The molecule has 0 saturated carbocycles. The summed E-state index contributed by atoms with van der Waals surface area (Å²) in [7, 11) is 0. The van der Waals surface area contributed by atoms with Crippen LogP contribution >= 0.6 is 0 Å². The molecule has 3 N–H and O–H groups in total. The summed E-state index contributed by atoms with van der Waals surface area (Å²) in [4.78, 5) is 35.8. The fourth-order valence-electron chi connectivity index (χ4n) is 2.99. The van der Waals surface area contributed by atoms with E-state index < -0.39 is 23.8 Å². The van der Waals surface area contributed by atoms with Crippen molar-refractivity contribution >= 4 is 17.8 Å². The Morgan fingerprint density at radius 3 is 1.88 bits per heavy atom. The Bertz CT molecular complexity index is 1040. The summed E-state index contributed by atoms with van der Waals surface area (Å²) in [5, 5.41) is 2.44. The number of primary amides is 1. The molecule has 3 rings (SSSR count). The SMILES string of the molecule is NC(=O)C(=O)[C@H](Cc1ccc(OCc2ccccc2)cc1)NC(=O)OCc1ccccc1. The molecule has 1 atom stereocenters. The monoisotopic (exact) mass is 432 g/mol. The number of carbonyl (C=O) groups excluding carboxylic acids is 3. The number of hydrogen-bond acceptors (Lipinski definition) is 5. The lowest BCUT2D eigenvalue weighted by molar-refractivity contribution is -0.137. The summed E-state index contributed by atoms with van der Waals surface area (Å²) in [6.07, 6.45) is -0.725. The van der Waals surface area contributed by atoms with E-state index in [1.165, 1.54) is 0 Å². The second-order valence-electron chi connectivity index (χ2n) is 7.11. The van der Waals surface area contributed by atoms with Crippen LogP contribution in [0.5, 0.6) is 5.75 Å². The standard InChI is InChI=1S/C25H24N2O5/c26-24(29)23(28)22(27-25(30)32-17-20-9-5-2-6-10-20)15-18-11-13-21(14-12-18)31-16-19-7-3-1-4-8-19/h1-14,22H,15-17H2,(H2,26,29)(H,27,30)/t22-/m0/s1. The van der Waals surface area contributed by atoms with Crippen LogP contribution in [-0.4, -0.2) is 23.8 Å². The van der Waals surface area contributed by atoms with Gasteiger partial charge < -0.3 is 20.5 Å². The molecule has 2 amide bonds. The van der Waals surface area contributed by atoms with Gasteiger partial charge in [0, 0.05) is 6.42 Å². The van der Waals surface area contributed by atoms with E-state index in [0.717, 1.165) is 16.7 Å². The number of hydrogen-bond donors (Lipinski definition) is 2. The Labute approximate surface area is 186 Å². The number of alkyl carbamates (subject to hydrolysis) is 1. The molecule has 3 aromatic carbocycles. The van der Waals surface area contributed by atoms with E-state index in [9.17, 15) is 14.4 Å². The van der Waals surface area contributed by atoms with Crippen LogP contribution in [0.1, 0.15) is 16.7 Å². The third kappa shape index (κ3) is 6.98. The fraction of sp³-hybridized carbons (Fsp3) is 0.160. The maximum atomic E-state index is 12.2. The molecule has 3 aromatic rings. The van der Waals surface area contributed by atoms with Gasteiger partial charge in [0.15, 0.2) is 0 Å². The lowest BCUT2D eigenvalue weighted by atomic mass is 10.0. The first-order valence-corrected chi connectivity index (χ1v) is 10.1. The molecule has 0 saturated heterocycles. The Balaban J connectivity index is 1.57. The second-order valence-corrected chi connectivity index (χ2v) is 7.11. The molecule has 0 aliphatic rings. The van der Waals surface area contributed by atoms with Gasteiger partial charge in [0.25, 0.3) is 5.91 Å². The molecule has 0 fully saturated rings. The van der Waals surface area contributed by atoms with Crippen molar-refractivity contribution in [3.05, 3.63) is 102 Å². The first kappa shape index (κ1) is 22.6. The zero-order valence-electron chi connectivity index (χ0n) is 17.4. The van der Waals surface area contributed by atoms with Gasteiger partial charge in [-0.25, -0.2) is 4.79 Å². The summed E-state index contributed by atoms with van der Waals surface area (Å²) in [6, 6.07) is 24.8. The average molecular weight is 432 g/mol. The number of nitrogens with two attached hydrogens (primary N) is 1. The molecule has 0 heterocycles. The summed E-state index contributed by atoms with van der Waals surface area (Å²) < 4.78 is 10.9. The smallest absolute Gasteiger partial charge is 0.408 e. The van der Waals surface area contributed by atoms with Gasteiger partial charge in [-0.15, -0.1) is 0 Å². The van der Waals surface area contributed by atoms with Gasteiger partial charge in [0.05, 0.1) is 0 Å². The van der Waals surface area contributed by atoms with E-state index in [0.29, 0.717) is 12.4 Å². The van der Waals surface area contributed by atoms with Crippen molar-refractivity contribution in [1.29, 1.82) is 0 Å². The summed E-state index contributed by atoms with van der Waals surface area (Å²) in [5.41, 5.74) is 7.71. The highest BCUT2D eigenvalue weighted by Crippen LogP contribution is 2.16. The first-order chi connectivity index (χ1) is 15.5. The highest BCUT2D eigenvalue weighted by Gasteiger charge is 2.26. The van der Waals surface area contributed by atoms with Gasteiger partial charge in [0.1, 0.15) is 25.0 Å². The molecule has 7 heteroatoms. The number of amides is 2. The van der Waals surface area contributed by atoms with Gasteiger partial charge in [-0.05, 0) is 28.8 Å². The minimum absolute atomic E-state index is 0.0393. The van der Waals surface area contributed by atoms with Crippen molar-refractivity contribution in [2.45, 2.75) is 25.7 Å². The van der Waals surface area contributed by atoms with E-state index in [1.54, 1.807) is 36.4 Å². The van der Waals surface area contributed by atoms with Crippen molar-refractivity contribution in [1.82, 2.24) is 5.32 Å². The molecule has 0 aliphatic heterocycles. The highest BCUT2D eigenvalue weighted by atomic mass is 16.5. The van der Waals surface area contributed by atoms with Crippen LogP contribution in [0.3, 0.4) is 0 Å². The maximum Gasteiger partial charge on any atom is 0.408 e. The Morgan fingerprint density at radius 2 is 1.31 bits per heavy atom. The molecule has 0 radical (unpaired) electrons. The third-order valence-electron chi connectivity index (χ3n) is 4.68. The molecule has 0 bridgehead atoms. The van der Waals surface area contributed by atoms with Crippen LogP contribution in [-0.2, 0) is 34.0 Å². The van der Waals surface area contributed by atoms with Crippen molar-refractivity contribution < 1.29 is 23.9 Å². The zero-order valence-corrected chi connectivity index (χ0v) is 17.4. The Morgan fingerprint density at radius 1 is 0.750 bits per heavy atom. The van der Waals surface area contributed by atoms with E-state index in [-0.39, 0.29) is 13.0 Å². The van der Waals surface area contributed by atoms with Crippen molar-refractivity contribution in [2.75, 3.05) is 0 Å². The summed E-state index contributed by atoms with van der Waals surface area (Å²) in [5.74, 6) is -1.36. The molecular weight excluding hydrogens is 408 g/mol. The van der Waals surface area contributed by atoms with Crippen molar-refractivity contribution in [3.8, 4) is 5.75 Å². The predicted molar refractivity (Wildman–Crippen MR) is 119 cm³/mol. The molecule has 0 aliphatic carbocycles. The number of ketones is 1. The Hall–Kier alpha value is -4.13. The molecule has 7 nitrogen and oxygen atoms in total. The van der Waals surface area contributed by atoms with Gasteiger partial charge in [0.2, 0.25) is 5.78 Å². The van der Waals surface area contributed by atoms with E-state index in [4.69, 9.17) is 15.2 Å². The average Bonchev–Trinajstić information content (AvgIpc) is 2.82. The second kappa shape index (κ2) is 11.3. The largest absolute Gasteiger partial charge is 0.489 e. The van der Waals surface area contributed by atoms with E-state index in [2.05, 4.69) is 5.32 Å². The number of ether oxygens (including phenoxy) is 2. The molecular formula is C25H24N2O5. The highest BCUT2D eigenvalue weighted by molar-refractivity contribution is 6.37. The number of Topliss-reactive ketones (excluding diaryl/α,β-unsaturated/α-hetero) is 1.